The van der Waals surface area contributed by atoms with Gasteiger partial charge in [-0.2, -0.15) is 0 Å². The van der Waals surface area contributed by atoms with Crippen LogP contribution in [0.1, 0.15) is 23.2 Å². The Bertz CT molecular complexity index is 372. The van der Waals surface area contributed by atoms with Crippen molar-refractivity contribution in [1.29, 1.82) is 0 Å². The van der Waals surface area contributed by atoms with Gasteiger partial charge in [0, 0.05) is 18.3 Å². The number of nitrogens with two attached hydrogens (primary N) is 1. The first-order valence-electron chi connectivity index (χ1n) is 5.63. The average molecular weight is 219 g/mol. The number of para-hydroxylation sites is 1. The van der Waals surface area contributed by atoms with Gasteiger partial charge < -0.3 is 16.4 Å². The van der Waals surface area contributed by atoms with E-state index in [1.165, 1.54) is 0 Å². The van der Waals surface area contributed by atoms with Gasteiger partial charge in [0.1, 0.15) is 0 Å². The Kier molecular flexibility index (Phi) is 3.41. The van der Waals surface area contributed by atoms with Crippen LogP contribution in [0.3, 0.4) is 0 Å². The summed E-state index contributed by atoms with van der Waals surface area (Å²) in [5.41, 5.74) is 6.84. The number of nitrogen functional groups attached to an aromatic ring is 1. The first-order chi connectivity index (χ1) is 7.77. The molecule has 1 aliphatic rings. The normalized spacial score (nSPS) is 20.4. The summed E-state index contributed by atoms with van der Waals surface area (Å²) in [7, 11) is 0. The van der Waals surface area contributed by atoms with E-state index in [0.717, 1.165) is 25.9 Å². The van der Waals surface area contributed by atoms with E-state index in [1.807, 2.05) is 12.1 Å². The minimum absolute atomic E-state index is 0.0770. The number of piperidine rings is 1. The molecule has 4 heteroatoms. The van der Waals surface area contributed by atoms with Crippen LogP contribution in [-0.4, -0.2) is 25.0 Å². The highest BCUT2D eigenvalue weighted by Gasteiger charge is 2.17. The van der Waals surface area contributed by atoms with Crippen LogP contribution in [0.2, 0.25) is 0 Å². The van der Waals surface area contributed by atoms with Gasteiger partial charge in [-0.15, -0.1) is 0 Å². The van der Waals surface area contributed by atoms with Crippen LogP contribution in [0.25, 0.3) is 0 Å². The summed E-state index contributed by atoms with van der Waals surface area (Å²) >= 11 is 0. The monoisotopic (exact) mass is 219 g/mol. The predicted molar refractivity (Wildman–Crippen MR) is 64.2 cm³/mol. The van der Waals surface area contributed by atoms with E-state index in [2.05, 4.69) is 10.6 Å². The van der Waals surface area contributed by atoms with Crippen molar-refractivity contribution in [2.45, 2.75) is 18.9 Å². The Labute approximate surface area is 95.2 Å². The van der Waals surface area contributed by atoms with Gasteiger partial charge in [-0.1, -0.05) is 12.1 Å². The Morgan fingerprint density at radius 3 is 2.94 bits per heavy atom. The van der Waals surface area contributed by atoms with E-state index in [4.69, 9.17) is 5.73 Å². The highest BCUT2D eigenvalue weighted by atomic mass is 16.1. The summed E-state index contributed by atoms with van der Waals surface area (Å²) in [4.78, 5) is 11.9. The number of nitrogens with one attached hydrogen (secondary N) is 2. The van der Waals surface area contributed by atoms with Crippen molar-refractivity contribution in [2.75, 3.05) is 18.8 Å². The Balaban J connectivity index is 2.00. The zero-order chi connectivity index (χ0) is 11.4. The van der Waals surface area contributed by atoms with Gasteiger partial charge in [0.2, 0.25) is 0 Å². The van der Waals surface area contributed by atoms with Crippen LogP contribution in [-0.2, 0) is 0 Å². The van der Waals surface area contributed by atoms with Crippen molar-refractivity contribution < 1.29 is 4.79 Å². The molecule has 0 spiro atoms. The van der Waals surface area contributed by atoms with Crippen LogP contribution >= 0.6 is 0 Å². The molecule has 86 valence electrons. The van der Waals surface area contributed by atoms with E-state index < -0.39 is 0 Å². The molecule has 1 unspecified atom stereocenters. The molecule has 1 fully saturated rings. The van der Waals surface area contributed by atoms with E-state index in [1.54, 1.807) is 12.1 Å². The highest BCUT2D eigenvalue weighted by Crippen LogP contribution is 2.11. The average Bonchev–Trinajstić information content (AvgIpc) is 2.31. The lowest BCUT2D eigenvalue weighted by atomic mass is 10.1. The lowest BCUT2D eigenvalue weighted by molar-refractivity contribution is 0.0931. The van der Waals surface area contributed by atoms with Gasteiger partial charge in [0.05, 0.1) is 5.56 Å². The number of carbonyl (C=O) groups excluding carboxylic acids is 1. The summed E-state index contributed by atoms with van der Waals surface area (Å²) in [5.74, 6) is -0.0770. The number of anilines is 1. The van der Waals surface area contributed by atoms with Crippen LogP contribution in [0.5, 0.6) is 0 Å². The van der Waals surface area contributed by atoms with Crippen molar-refractivity contribution in [2.24, 2.45) is 0 Å². The van der Waals surface area contributed by atoms with Crippen molar-refractivity contribution in [3.8, 4) is 0 Å². The largest absolute Gasteiger partial charge is 0.398 e. The van der Waals surface area contributed by atoms with Crippen LogP contribution in [0, 0.1) is 0 Å². The number of carbonyl (C=O) groups is 1. The molecule has 1 atom stereocenters. The first-order valence-corrected chi connectivity index (χ1v) is 5.63. The first kappa shape index (κ1) is 11.0. The molecule has 0 radical (unpaired) electrons. The van der Waals surface area contributed by atoms with Crippen LogP contribution < -0.4 is 16.4 Å². The minimum Gasteiger partial charge on any atom is -0.398 e. The van der Waals surface area contributed by atoms with Crippen molar-refractivity contribution >= 4 is 11.6 Å². The quantitative estimate of drug-likeness (QED) is 0.643. The molecular formula is C12H17N3O. The molecule has 0 aliphatic carbocycles. The summed E-state index contributed by atoms with van der Waals surface area (Å²) in [6.45, 7) is 1.89. The van der Waals surface area contributed by atoms with Gasteiger partial charge in [0.25, 0.3) is 5.91 Å². The van der Waals surface area contributed by atoms with Gasteiger partial charge >= 0.3 is 0 Å². The molecule has 4 nitrogen and oxygen atoms in total. The molecule has 0 bridgehead atoms. The van der Waals surface area contributed by atoms with Gasteiger partial charge in [-0.05, 0) is 31.5 Å². The van der Waals surface area contributed by atoms with Crippen molar-refractivity contribution in [3.63, 3.8) is 0 Å². The molecule has 4 N–H and O–H groups in total. The van der Waals surface area contributed by atoms with Gasteiger partial charge in [-0.3, -0.25) is 4.79 Å². The minimum atomic E-state index is -0.0770. The molecule has 1 saturated heterocycles. The van der Waals surface area contributed by atoms with Crippen molar-refractivity contribution in [3.05, 3.63) is 29.8 Å². The molecule has 1 aromatic carbocycles. The van der Waals surface area contributed by atoms with Gasteiger partial charge in [-0.25, -0.2) is 0 Å². The van der Waals surface area contributed by atoms with E-state index in [0.29, 0.717) is 11.3 Å². The Morgan fingerprint density at radius 2 is 2.25 bits per heavy atom. The third-order valence-electron chi connectivity index (χ3n) is 2.84. The second-order valence-corrected chi connectivity index (χ2v) is 4.10. The van der Waals surface area contributed by atoms with Crippen LogP contribution in [0.4, 0.5) is 5.69 Å². The van der Waals surface area contributed by atoms with E-state index in [9.17, 15) is 4.79 Å². The number of amides is 1. The molecule has 2 rings (SSSR count). The number of hydrogen-bond acceptors (Lipinski definition) is 3. The molecule has 1 heterocycles. The highest BCUT2D eigenvalue weighted by molar-refractivity contribution is 5.99. The van der Waals surface area contributed by atoms with Gasteiger partial charge in [0.15, 0.2) is 0 Å². The molecule has 0 aromatic heterocycles. The molecular weight excluding hydrogens is 202 g/mol. The maximum absolute atomic E-state index is 11.9. The predicted octanol–water partition coefficient (Wildman–Crippen LogP) is 0.751. The fourth-order valence-corrected chi connectivity index (χ4v) is 1.94. The SMILES string of the molecule is Nc1ccccc1C(=O)NC1CCCNC1. The Hall–Kier alpha value is -1.55. The number of hydrogen-bond donors (Lipinski definition) is 3. The number of rotatable bonds is 2. The lowest BCUT2D eigenvalue weighted by Gasteiger charge is -2.24. The topological polar surface area (TPSA) is 67.2 Å². The summed E-state index contributed by atoms with van der Waals surface area (Å²) in [5, 5.41) is 6.25. The third kappa shape index (κ3) is 2.52. The van der Waals surface area contributed by atoms with E-state index >= 15 is 0 Å². The van der Waals surface area contributed by atoms with Crippen molar-refractivity contribution in [1.82, 2.24) is 10.6 Å². The summed E-state index contributed by atoms with van der Waals surface area (Å²) in [6.07, 6.45) is 2.14. The molecule has 1 aromatic rings. The summed E-state index contributed by atoms with van der Waals surface area (Å²) in [6, 6.07) is 7.37. The second-order valence-electron chi connectivity index (χ2n) is 4.10. The standard InChI is InChI=1S/C12H17N3O/c13-11-6-2-1-5-10(11)12(16)15-9-4-3-7-14-8-9/h1-2,5-6,9,14H,3-4,7-8,13H2,(H,15,16). The molecule has 0 saturated carbocycles. The third-order valence-corrected chi connectivity index (χ3v) is 2.84. The maximum atomic E-state index is 11.9. The lowest BCUT2D eigenvalue weighted by Crippen LogP contribution is -2.45. The molecule has 1 amide bonds. The van der Waals surface area contributed by atoms with E-state index in [-0.39, 0.29) is 11.9 Å². The summed E-state index contributed by atoms with van der Waals surface area (Å²) < 4.78 is 0. The fraction of sp³-hybridized carbons (Fsp3) is 0.417. The zero-order valence-corrected chi connectivity index (χ0v) is 9.20. The molecule has 1 aliphatic heterocycles. The molecule has 16 heavy (non-hydrogen) atoms. The second kappa shape index (κ2) is 4.99. The maximum Gasteiger partial charge on any atom is 0.253 e. The number of benzene rings is 1. The van der Waals surface area contributed by atoms with Crippen LogP contribution in [0.15, 0.2) is 24.3 Å². The smallest absolute Gasteiger partial charge is 0.253 e. The Morgan fingerprint density at radius 1 is 1.44 bits per heavy atom. The fourth-order valence-electron chi connectivity index (χ4n) is 1.94. The zero-order valence-electron chi connectivity index (χ0n) is 9.20.